The molecule has 1 aromatic carbocycles. The van der Waals surface area contributed by atoms with Crippen LogP contribution in [0.5, 0.6) is 0 Å². The van der Waals surface area contributed by atoms with Crippen molar-refractivity contribution in [2.45, 2.75) is 19.6 Å². The van der Waals surface area contributed by atoms with Gasteiger partial charge in [0.1, 0.15) is 5.82 Å². The Morgan fingerprint density at radius 2 is 2.25 bits per heavy atom. The highest BCUT2D eigenvalue weighted by atomic mass is 16.4. The Hall–Kier alpha value is -2.41. The molecule has 0 fully saturated rings. The zero-order valence-electron chi connectivity index (χ0n) is 10.7. The number of aromatic amines is 1. The summed E-state index contributed by atoms with van der Waals surface area (Å²) in [5, 5.41) is 15.4. The Bertz CT molecular complexity index is 704. The number of aromatic nitrogens is 3. The summed E-state index contributed by atoms with van der Waals surface area (Å²) in [5.74, 6) is -0.206. The first kappa shape index (κ1) is 12.6. The zero-order valence-corrected chi connectivity index (χ0v) is 10.7. The number of carboxylic acids is 1. The molecule has 104 valence electrons. The summed E-state index contributed by atoms with van der Waals surface area (Å²) in [4.78, 5) is 24.5. The first-order valence-electron chi connectivity index (χ1n) is 6.32. The predicted octanol–water partition coefficient (Wildman–Crippen LogP) is 0.285. The van der Waals surface area contributed by atoms with E-state index in [0.717, 1.165) is 17.9 Å². The molecule has 0 amide bonds. The van der Waals surface area contributed by atoms with E-state index in [9.17, 15) is 9.59 Å². The summed E-state index contributed by atoms with van der Waals surface area (Å²) in [5.41, 5.74) is 1.06. The molecule has 7 heteroatoms. The van der Waals surface area contributed by atoms with Crippen molar-refractivity contribution < 1.29 is 9.90 Å². The number of rotatable bonds is 3. The SMILES string of the molecule is O=C(O)c1cccc(CN2CCn3c(n[nH]c3=O)C2)c1. The Labute approximate surface area is 114 Å². The number of nitrogens with zero attached hydrogens (tertiary/aromatic N) is 3. The van der Waals surface area contributed by atoms with Crippen LogP contribution in [0.4, 0.5) is 0 Å². The highest BCUT2D eigenvalue weighted by molar-refractivity contribution is 5.87. The molecule has 3 rings (SSSR count). The molecule has 2 N–H and O–H groups in total. The highest BCUT2D eigenvalue weighted by Crippen LogP contribution is 2.13. The molecule has 0 spiro atoms. The molecule has 0 saturated carbocycles. The molecule has 0 unspecified atom stereocenters. The largest absolute Gasteiger partial charge is 0.478 e. The Balaban J connectivity index is 1.75. The van der Waals surface area contributed by atoms with E-state index in [1.807, 2.05) is 6.07 Å². The lowest BCUT2D eigenvalue weighted by Crippen LogP contribution is -2.36. The second-order valence-corrected chi connectivity index (χ2v) is 4.81. The number of H-pyrrole nitrogens is 1. The number of fused-ring (bicyclic) bond motifs is 1. The van der Waals surface area contributed by atoms with Gasteiger partial charge >= 0.3 is 11.7 Å². The summed E-state index contributed by atoms with van der Waals surface area (Å²) in [7, 11) is 0. The minimum absolute atomic E-state index is 0.174. The molecular weight excluding hydrogens is 260 g/mol. The van der Waals surface area contributed by atoms with Crippen LogP contribution in [0.25, 0.3) is 0 Å². The second kappa shape index (κ2) is 4.93. The lowest BCUT2D eigenvalue weighted by Gasteiger charge is -2.26. The fourth-order valence-corrected chi connectivity index (χ4v) is 2.42. The van der Waals surface area contributed by atoms with Crippen molar-refractivity contribution in [2.24, 2.45) is 0 Å². The van der Waals surface area contributed by atoms with Gasteiger partial charge in [0.15, 0.2) is 0 Å². The molecule has 0 aliphatic carbocycles. The van der Waals surface area contributed by atoms with Gasteiger partial charge < -0.3 is 5.11 Å². The second-order valence-electron chi connectivity index (χ2n) is 4.81. The van der Waals surface area contributed by atoms with Crippen molar-refractivity contribution in [3.63, 3.8) is 0 Å². The Morgan fingerprint density at radius 3 is 3.05 bits per heavy atom. The molecule has 1 aliphatic heterocycles. The number of benzene rings is 1. The van der Waals surface area contributed by atoms with E-state index in [2.05, 4.69) is 15.1 Å². The summed E-state index contributed by atoms with van der Waals surface area (Å²) in [6, 6.07) is 6.90. The van der Waals surface area contributed by atoms with Crippen LogP contribution in [0.2, 0.25) is 0 Å². The maximum absolute atomic E-state index is 11.4. The molecule has 0 radical (unpaired) electrons. The van der Waals surface area contributed by atoms with E-state index >= 15 is 0 Å². The quantitative estimate of drug-likeness (QED) is 0.839. The van der Waals surface area contributed by atoms with Crippen molar-refractivity contribution in [3.8, 4) is 0 Å². The number of hydrogen-bond acceptors (Lipinski definition) is 4. The topological polar surface area (TPSA) is 91.2 Å². The van der Waals surface area contributed by atoms with Crippen molar-refractivity contribution in [1.82, 2.24) is 19.7 Å². The van der Waals surface area contributed by atoms with Crippen LogP contribution in [0, 0.1) is 0 Å². The first-order chi connectivity index (χ1) is 9.63. The van der Waals surface area contributed by atoms with Crippen molar-refractivity contribution in [2.75, 3.05) is 6.54 Å². The molecule has 20 heavy (non-hydrogen) atoms. The highest BCUT2D eigenvalue weighted by Gasteiger charge is 2.19. The van der Waals surface area contributed by atoms with E-state index in [1.54, 1.807) is 22.8 Å². The van der Waals surface area contributed by atoms with Crippen molar-refractivity contribution in [3.05, 3.63) is 51.7 Å². The van der Waals surface area contributed by atoms with E-state index in [-0.39, 0.29) is 11.3 Å². The molecule has 2 aromatic rings. The molecule has 1 aromatic heterocycles. The average Bonchev–Trinajstić information content (AvgIpc) is 2.80. The first-order valence-corrected chi connectivity index (χ1v) is 6.32. The van der Waals surface area contributed by atoms with Crippen molar-refractivity contribution >= 4 is 5.97 Å². The van der Waals surface area contributed by atoms with Crippen molar-refractivity contribution in [1.29, 1.82) is 0 Å². The number of carbonyl (C=O) groups is 1. The van der Waals surface area contributed by atoms with Crippen LogP contribution < -0.4 is 5.69 Å². The van der Waals surface area contributed by atoms with Crippen LogP contribution in [-0.2, 0) is 19.6 Å². The minimum Gasteiger partial charge on any atom is -0.478 e. The van der Waals surface area contributed by atoms with Gasteiger partial charge in [-0.3, -0.25) is 9.47 Å². The van der Waals surface area contributed by atoms with E-state index in [0.29, 0.717) is 19.6 Å². The molecule has 0 bridgehead atoms. The van der Waals surface area contributed by atoms with Gasteiger partial charge in [0.05, 0.1) is 12.1 Å². The molecule has 2 heterocycles. The Kier molecular flexibility index (Phi) is 3.11. The van der Waals surface area contributed by atoms with Crippen LogP contribution in [0.1, 0.15) is 21.7 Å². The predicted molar refractivity (Wildman–Crippen MR) is 70.4 cm³/mol. The van der Waals surface area contributed by atoms with Crippen LogP contribution >= 0.6 is 0 Å². The van der Waals surface area contributed by atoms with Crippen LogP contribution in [0.15, 0.2) is 29.1 Å². The number of carboxylic acid groups (broad SMARTS) is 1. The van der Waals surface area contributed by atoms with Gasteiger partial charge in [0, 0.05) is 19.6 Å². The van der Waals surface area contributed by atoms with Gasteiger partial charge in [-0.25, -0.2) is 14.7 Å². The third-order valence-corrected chi connectivity index (χ3v) is 3.42. The standard InChI is InChI=1S/C13H14N4O3/c18-12(19)10-3-1-2-9(6-10)7-16-4-5-17-11(8-16)14-15-13(17)20/h1-3,6H,4-5,7-8H2,(H,15,20)(H,18,19). The van der Waals surface area contributed by atoms with Gasteiger partial charge in [-0.05, 0) is 17.7 Å². The van der Waals surface area contributed by atoms with Gasteiger partial charge in [0.25, 0.3) is 0 Å². The van der Waals surface area contributed by atoms with E-state index in [4.69, 9.17) is 5.11 Å². The third kappa shape index (κ3) is 2.35. The van der Waals surface area contributed by atoms with Gasteiger partial charge in [-0.2, -0.15) is 5.10 Å². The van der Waals surface area contributed by atoms with Gasteiger partial charge in [-0.15, -0.1) is 0 Å². The molecule has 0 atom stereocenters. The molecule has 1 aliphatic rings. The lowest BCUT2D eigenvalue weighted by atomic mass is 10.1. The maximum Gasteiger partial charge on any atom is 0.343 e. The summed E-state index contributed by atoms with van der Waals surface area (Å²) < 4.78 is 1.63. The maximum atomic E-state index is 11.4. The minimum atomic E-state index is -0.924. The summed E-state index contributed by atoms with van der Waals surface area (Å²) in [6.45, 7) is 2.56. The summed E-state index contributed by atoms with van der Waals surface area (Å²) in [6.07, 6.45) is 0. The average molecular weight is 274 g/mol. The monoisotopic (exact) mass is 274 g/mol. The summed E-state index contributed by atoms with van der Waals surface area (Å²) >= 11 is 0. The van der Waals surface area contributed by atoms with Crippen LogP contribution in [0.3, 0.4) is 0 Å². The lowest BCUT2D eigenvalue weighted by molar-refractivity contribution is 0.0696. The van der Waals surface area contributed by atoms with E-state index < -0.39 is 5.97 Å². The number of hydrogen-bond donors (Lipinski definition) is 2. The zero-order chi connectivity index (χ0) is 14.1. The molecule has 0 saturated heterocycles. The Morgan fingerprint density at radius 1 is 1.40 bits per heavy atom. The third-order valence-electron chi connectivity index (χ3n) is 3.42. The number of nitrogens with one attached hydrogen (secondary N) is 1. The van der Waals surface area contributed by atoms with Gasteiger partial charge in [0.2, 0.25) is 0 Å². The molecule has 7 nitrogen and oxygen atoms in total. The number of aromatic carboxylic acids is 1. The normalized spacial score (nSPS) is 15.0. The fourth-order valence-electron chi connectivity index (χ4n) is 2.42. The van der Waals surface area contributed by atoms with Gasteiger partial charge in [-0.1, -0.05) is 12.1 Å². The fraction of sp³-hybridized carbons (Fsp3) is 0.308. The van der Waals surface area contributed by atoms with E-state index in [1.165, 1.54) is 0 Å². The smallest absolute Gasteiger partial charge is 0.343 e. The molecular formula is C13H14N4O3. The van der Waals surface area contributed by atoms with Crippen LogP contribution in [-0.4, -0.2) is 37.3 Å².